The standard InChI is InChI=1S/C19H23NS/c1-9-8-16-18(14(6)10(9)2)21-19-15(7)12(4)11(3)13(5)17(19)20-16/h8,20H,1-7H3. The van der Waals surface area contributed by atoms with E-state index in [4.69, 9.17) is 0 Å². The molecule has 0 saturated heterocycles. The zero-order chi connectivity index (χ0) is 15.5. The van der Waals surface area contributed by atoms with Gasteiger partial charge < -0.3 is 5.32 Å². The number of anilines is 2. The molecule has 110 valence electrons. The highest BCUT2D eigenvalue weighted by atomic mass is 32.2. The Bertz CT molecular complexity index is 772. The molecule has 0 aromatic heterocycles. The molecule has 0 atom stereocenters. The molecule has 0 fully saturated rings. The smallest absolute Gasteiger partial charge is 0.0561 e. The number of nitrogens with one attached hydrogen (secondary N) is 1. The molecular formula is C19H23NS. The topological polar surface area (TPSA) is 12.0 Å². The van der Waals surface area contributed by atoms with Gasteiger partial charge in [-0.25, -0.2) is 0 Å². The quantitative estimate of drug-likeness (QED) is 0.542. The van der Waals surface area contributed by atoms with Gasteiger partial charge in [0.2, 0.25) is 0 Å². The molecule has 2 aromatic rings. The van der Waals surface area contributed by atoms with Gasteiger partial charge in [-0.1, -0.05) is 11.8 Å². The summed E-state index contributed by atoms with van der Waals surface area (Å²) in [6.45, 7) is 15.6. The first-order valence-corrected chi connectivity index (χ1v) is 8.30. The van der Waals surface area contributed by atoms with Crippen molar-refractivity contribution in [2.45, 2.75) is 58.3 Å². The van der Waals surface area contributed by atoms with Crippen molar-refractivity contribution in [3.63, 3.8) is 0 Å². The van der Waals surface area contributed by atoms with Crippen molar-refractivity contribution >= 4 is 23.1 Å². The van der Waals surface area contributed by atoms with Crippen LogP contribution in [0.15, 0.2) is 15.9 Å². The number of benzene rings is 2. The van der Waals surface area contributed by atoms with E-state index in [2.05, 4.69) is 59.8 Å². The van der Waals surface area contributed by atoms with Gasteiger partial charge in [-0.3, -0.25) is 0 Å². The number of hydrogen-bond donors (Lipinski definition) is 1. The molecule has 0 bridgehead atoms. The lowest BCUT2D eigenvalue weighted by Gasteiger charge is -2.29. The maximum Gasteiger partial charge on any atom is 0.0561 e. The van der Waals surface area contributed by atoms with Crippen LogP contribution in [0.25, 0.3) is 0 Å². The molecule has 0 radical (unpaired) electrons. The Labute approximate surface area is 132 Å². The van der Waals surface area contributed by atoms with Gasteiger partial charge in [-0.2, -0.15) is 0 Å². The first-order valence-electron chi connectivity index (χ1n) is 7.49. The van der Waals surface area contributed by atoms with Crippen LogP contribution >= 0.6 is 11.8 Å². The minimum atomic E-state index is 1.26. The predicted molar refractivity (Wildman–Crippen MR) is 93.4 cm³/mol. The van der Waals surface area contributed by atoms with E-state index >= 15 is 0 Å². The van der Waals surface area contributed by atoms with Gasteiger partial charge >= 0.3 is 0 Å². The normalized spacial score (nSPS) is 12.7. The molecule has 21 heavy (non-hydrogen) atoms. The van der Waals surface area contributed by atoms with E-state index in [0.717, 1.165) is 0 Å². The van der Waals surface area contributed by atoms with Gasteiger partial charge in [-0.05, 0) is 93.5 Å². The monoisotopic (exact) mass is 297 g/mol. The highest BCUT2D eigenvalue weighted by Crippen LogP contribution is 2.50. The largest absolute Gasteiger partial charge is 0.353 e. The molecule has 1 aliphatic heterocycles. The third-order valence-corrected chi connectivity index (χ3v) is 6.64. The molecule has 1 aliphatic rings. The summed E-state index contributed by atoms with van der Waals surface area (Å²) < 4.78 is 0. The van der Waals surface area contributed by atoms with Crippen LogP contribution in [0, 0.1) is 48.5 Å². The summed E-state index contributed by atoms with van der Waals surface area (Å²) in [6.07, 6.45) is 0. The van der Waals surface area contributed by atoms with Crippen LogP contribution in [0.5, 0.6) is 0 Å². The molecule has 0 amide bonds. The highest BCUT2D eigenvalue weighted by Gasteiger charge is 2.24. The van der Waals surface area contributed by atoms with Crippen molar-refractivity contribution in [3.8, 4) is 0 Å². The van der Waals surface area contributed by atoms with E-state index in [1.165, 1.54) is 60.1 Å². The summed E-state index contributed by atoms with van der Waals surface area (Å²) in [6, 6.07) is 2.29. The van der Waals surface area contributed by atoms with Gasteiger partial charge in [0.25, 0.3) is 0 Å². The van der Waals surface area contributed by atoms with Crippen LogP contribution in [0.1, 0.15) is 38.9 Å². The fourth-order valence-corrected chi connectivity index (χ4v) is 4.42. The summed E-state index contributed by atoms with van der Waals surface area (Å²) in [5, 5.41) is 3.71. The Balaban J connectivity index is 2.27. The van der Waals surface area contributed by atoms with E-state index in [1.807, 2.05) is 11.8 Å². The highest BCUT2D eigenvalue weighted by molar-refractivity contribution is 7.99. The van der Waals surface area contributed by atoms with Crippen molar-refractivity contribution in [2.75, 3.05) is 5.32 Å². The molecular weight excluding hydrogens is 274 g/mol. The van der Waals surface area contributed by atoms with Crippen molar-refractivity contribution < 1.29 is 0 Å². The Morgan fingerprint density at radius 1 is 0.667 bits per heavy atom. The predicted octanol–water partition coefficient (Wildman–Crippen LogP) is 6.05. The van der Waals surface area contributed by atoms with Crippen LogP contribution < -0.4 is 5.32 Å². The molecule has 3 rings (SSSR count). The van der Waals surface area contributed by atoms with Crippen LogP contribution in [-0.2, 0) is 0 Å². The van der Waals surface area contributed by atoms with Gasteiger partial charge in [0, 0.05) is 9.79 Å². The summed E-state index contributed by atoms with van der Waals surface area (Å²) in [5.41, 5.74) is 12.4. The van der Waals surface area contributed by atoms with Crippen LogP contribution in [0.4, 0.5) is 11.4 Å². The van der Waals surface area contributed by atoms with E-state index in [-0.39, 0.29) is 0 Å². The summed E-state index contributed by atoms with van der Waals surface area (Å²) >= 11 is 1.93. The van der Waals surface area contributed by atoms with Gasteiger partial charge in [0.15, 0.2) is 0 Å². The van der Waals surface area contributed by atoms with Crippen LogP contribution in [-0.4, -0.2) is 0 Å². The zero-order valence-electron chi connectivity index (χ0n) is 14.0. The second-order valence-corrected chi connectivity index (χ2v) is 7.27. The Hall–Kier alpha value is -1.41. The van der Waals surface area contributed by atoms with Gasteiger partial charge in [0.1, 0.15) is 0 Å². The number of fused-ring (bicyclic) bond motifs is 2. The van der Waals surface area contributed by atoms with Crippen molar-refractivity contribution in [1.82, 2.24) is 0 Å². The summed E-state index contributed by atoms with van der Waals surface area (Å²) in [5.74, 6) is 0. The van der Waals surface area contributed by atoms with E-state index in [0.29, 0.717) is 0 Å². The summed E-state index contributed by atoms with van der Waals surface area (Å²) in [4.78, 5) is 2.78. The molecule has 1 heterocycles. The Kier molecular flexibility index (Phi) is 3.32. The minimum absolute atomic E-state index is 1.26. The maximum absolute atomic E-state index is 3.71. The number of aryl methyl sites for hydroxylation is 1. The fraction of sp³-hybridized carbons (Fsp3) is 0.368. The second-order valence-electron chi connectivity index (χ2n) is 6.25. The maximum atomic E-state index is 3.71. The van der Waals surface area contributed by atoms with Crippen LogP contribution in [0.3, 0.4) is 0 Å². The average molecular weight is 297 g/mol. The minimum Gasteiger partial charge on any atom is -0.353 e. The molecule has 2 aromatic carbocycles. The first kappa shape index (κ1) is 14.5. The lowest BCUT2D eigenvalue weighted by Crippen LogP contribution is -2.08. The van der Waals surface area contributed by atoms with Gasteiger partial charge in [0.05, 0.1) is 11.4 Å². The average Bonchev–Trinajstić information content (AvgIpc) is 2.47. The lowest BCUT2D eigenvalue weighted by atomic mass is 9.96. The third kappa shape index (κ3) is 2.00. The van der Waals surface area contributed by atoms with Crippen molar-refractivity contribution in [1.29, 1.82) is 0 Å². The Morgan fingerprint density at radius 2 is 1.24 bits per heavy atom. The molecule has 1 N–H and O–H groups in total. The van der Waals surface area contributed by atoms with E-state index in [1.54, 1.807) is 0 Å². The van der Waals surface area contributed by atoms with Crippen LogP contribution in [0.2, 0.25) is 0 Å². The lowest BCUT2D eigenvalue weighted by molar-refractivity contribution is 1.11. The first-order chi connectivity index (χ1) is 9.82. The van der Waals surface area contributed by atoms with E-state index in [9.17, 15) is 0 Å². The second kappa shape index (κ2) is 4.81. The molecule has 2 heteroatoms. The molecule has 1 nitrogen and oxygen atoms in total. The molecule has 0 saturated carbocycles. The van der Waals surface area contributed by atoms with Crippen molar-refractivity contribution in [2.24, 2.45) is 0 Å². The Morgan fingerprint density at radius 3 is 1.90 bits per heavy atom. The number of rotatable bonds is 0. The van der Waals surface area contributed by atoms with Crippen molar-refractivity contribution in [3.05, 3.63) is 45.0 Å². The molecule has 0 spiro atoms. The summed E-state index contributed by atoms with van der Waals surface area (Å²) in [7, 11) is 0. The van der Waals surface area contributed by atoms with E-state index < -0.39 is 0 Å². The molecule has 0 unspecified atom stereocenters. The SMILES string of the molecule is Cc1cc2c(c(C)c1C)Sc1c(C)c(C)c(C)c(C)c1N2. The van der Waals surface area contributed by atoms with Gasteiger partial charge in [-0.15, -0.1) is 0 Å². The third-order valence-electron chi connectivity index (χ3n) is 5.19. The zero-order valence-corrected chi connectivity index (χ0v) is 14.8. The number of hydrogen-bond acceptors (Lipinski definition) is 2. The fourth-order valence-electron chi connectivity index (χ4n) is 3.08. The molecule has 0 aliphatic carbocycles.